The normalized spacial score (nSPS) is 17.7. The number of carbonyl (C=O) groups is 2. The Hall–Kier alpha value is -2.96. The molecule has 3 heterocycles. The molecule has 0 saturated carbocycles. The lowest BCUT2D eigenvalue weighted by atomic mass is 9.99. The molecule has 0 bridgehead atoms. The predicted octanol–water partition coefficient (Wildman–Crippen LogP) is 2.99. The molecule has 1 aromatic carbocycles. The SMILES string of the molecule is CC(=O)N1CCN(C(=O)c2cnc(-c3cccc(C)c3)nc2N2CCC(C)CC2)CC1. The van der Waals surface area contributed by atoms with Gasteiger partial charge in [0, 0.05) is 58.0 Å². The highest BCUT2D eigenvalue weighted by atomic mass is 16.2. The van der Waals surface area contributed by atoms with E-state index in [9.17, 15) is 9.59 Å². The van der Waals surface area contributed by atoms with Gasteiger partial charge >= 0.3 is 0 Å². The quantitative estimate of drug-likeness (QED) is 0.762. The Bertz CT molecular complexity index is 960. The van der Waals surface area contributed by atoms with Crippen molar-refractivity contribution < 1.29 is 9.59 Å². The van der Waals surface area contributed by atoms with Gasteiger partial charge in [-0.05, 0) is 31.7 Å². The van der Waals surface area contributed by atoms with Crippen LogP contribution < -0.4 is 4.90 Å². The molecule has 31 heavy (non-hydrogen) atoms. The molecule has 0 radical (unpaired) electrons. The number of carbonyl (C=O) groups excluding carboxylic acids is 2. The molecule has 1 aromatic heterocycles. The largest absolute Gasteiger partial charge is 0.356 e. The molecule has 2 amide bonds. The Kier molecular flexibility index (Phi) is 6.20. The van der Waals surface area contributed by atoms with Crippen molar-refractivity contribution in [2.75, 3.05) is 44.2 Å². The molecule has 2 saturated heterocycles. The molecular weight excluding hydrogens is 390 g/mol. The van der Waals surface area contributed by atoms with Gasteiger partial charge in [0.2, 0.25) is 5.91 Å². The maximum Gasteiger partial charge on any atom is 0.259 e. The maximum absolute atomic E-state index is 13.4. The summed E-state index contributed by atoms with van der Waals surface area (Å²) in [4.78, 5) is 40.4. The van der Waals surface area contributed by atoms with Crippen molar-refractivity contribution in [1.82, 2.24) is 19.8 Å². The third-order valence-corrected chi connectivity index (χ3v) is 6.37. The molecule has 2 aromatic rings. The van der Waals surface area contributed by atoms with Crippen molar-refractivity contribution in [3.8, 4) is 11.4 Å². The number of aromatic nitrogens is 2. The van der Waals surface area contributed by atoms with E-state index in [0.717, 1.165) is 42.9 Å². The minimum Gasteiger partial charge on any atom is -0.356 e. The molecule has 0 atom stereocenters. The van der Waals surface area contributed by atoms with Crippen LogP contribution in [-0.2, 0) is 4.79 Å². The summed E-state index contributed by atoms with van der Waals surface area (Å²) < 4.78 is 0. The number of amides is 2. The number of piperidine rings is 1. The zero-order valence-electron chi connectivity index (χ0n) is 18.7. The Morgan fingerprint density at radius 1 is 1.00 bits per heavy atom. The first-order valence-corrected chi connectivity index (χ1v) is 11.2. The molecule has 2 fully saturated rings. The number of aryl methyl sites for hydroxylation is 1. The second kappa shape index (κ2) is 9.04. The van der Waals surface area contributed by atoms with Crippen molar-refractivity contribution in [3.05, 3.63) is 41.6 Å². The molecule has 2 aliphatic heterocycles. The Morgan fingerprint density at radius 3 is 2.32 bits per heavy atom. The second-order valence-corrected chi connectivity index (χ2v) is 8.77. The van der Waals surface area contributed by atoms with Crippen LogP contribution in [0.15, 0.2) is 30.5 Å². The van der Waals surface area contributed by atoms with Crippen molar-refractivity contribution in [1.29, 1.82) is 0 Å². The number of piperazine rings is 1. The van der Waals surface area contributed by atoms with E-state index >= 15 is 0 Å². The molecule has 0 spiro atoms. The minimum atomic E-state index is -0.0485. The zero-order valence-corrected chi connectivity index (χ0v) is 18.7. The first-order valence-electron chi connectivity index (χ1n) is 11.2. The molecule has 0 N–H and O–H groups in total. The highest BCUT2D eigenvalue weighted by Crippen LogP contribution is 2.28. The lowest BCUT2D eigenvalue weighted by Crippen LogP contribution is -2.50. The number of anilines is 1. The average Bonchev–Trinajstić information content (AvgIpc) is 2.79. The van der Waals surface area contributed by atoms with E-state index in [4.69, 9.17) is 4.98 Å². The van der Waals surface area contributed by atoms with Crippen LogP contribution in [-0.4, -0.2) is 70.9 Å². The van der Waals surface area contributed by atoms with Gasteiger partial charge < -0.3 is 14.7 Å². The molecular formula is C24H31N5O2. The van der Waals surface area contributed by atoms with Gasteiger partial charge in [-0.2, -0.15) is 0 Å². The Labute approximate surface area is 184 Å². The third-order valence-electron chi connectivity index (χ3n) is 6.37. The highest BCUT2D eigenvalue weighted by molar-refractivity contribution is 5.99. The fourth-order valence-corrected chi connectivity index (χ4v) is 4.30. The Morgan fingerprint density at radius 2 is 1.68 bits per heavy atom. The van der Waals surface area contributed by atoms with Crippen LogP contribution in [0.1, 0.15) is 42.6 Å². The van der Waals surface area contributed by atoms with Gasteiger partial charge in [0.05, 0.1) is 0 Å². The van der Waals surface area contributed by atoms with E-state index in [1.807, 2.05) is 17.0 Å². The molecule has 2 aliphatic rings. The van der Waals surface area contributed by atoms with Gasteiger partial charge in [-0.1, -0.05) is 30.7 Å². The summed E-state index contributed by atoms with van der Waals surface area (Å²) in [6.45, 7) is 9.90. The molecule has 0 aliphatic carbocycles. The number of hydrogen-bond acceptors (Lipinski definition) is 5. The van der Waals surface area contributed by atoms with Crippen LogP contribution in [0.5, 0.6) is 0 Å². The molecule has 7 heteroatoms. The van der Waals surface area contributed by atoms with Crippen LogP contribution in [0, 0.1) is 12.8 Å². The van der Waals surface area contributed by atoms with Gasteiger partial charge in [-0.15, -0.1) is 0 Å². The topological polar surface area (TPSA) is 69.6 Å². The van der Waals surface area contributed by atoms with Gasteiger partial charge in [-0.3, -0.25) is 9.59 Å². The minimum absolute atomic E-state index is 0.0485. The lowest BCUT2D eigenvalue weighted by molar-refractivity contribution is -0.130. The van der Waals surface area contributed by atoms with Gasteiger partial charge in [0.1, 0.15) is 11.4 Å². The van der Waals surface area contributed by atoms with E-state index in [-0.39, 0.29) is 11.8 Å². The average molecular weight is 422 g/mol. The summed E-state index contributed by atoms with van der Waals surface area (Å²) >= 11 is 0. The van der Waals surface area contributed by atoms with Crippen LogP contribution in [0.25, 0.3) is 11.4 Å². The second-order valence-electron chi connectivity index (χ2n) is 8.77. The van der Waals surface area contributed by atoms with E-state index in [1.165, 1.54) is 0 Å². The van der Waals surface area contributed by atoms with E-state index in [2.05, 4.69) is 35.9 Å². The van der Waals surface area contributed by atoms with Crippen LogP contribution in [0.2, 0.25) is 0 Å². The van der Waals surface area contributed by atoms with Gasteiger partial charge in [-0.25, -0.2) is 9.97 Å². The number of hydrogen-bond donors (Lipinski definition) is 0. The standard InChI is InChI=1S/C24H31N5O2/c1-17-7-9-28(10-8-17)23-21(24(31)29-13-11-27(12-14-29)19(3)30)16-25-22(26-23)20-6-4-5-18(2)15-20/h4-6,15-17H,7-14H2,1-3H3. The van der Waals surface area contributed by atoms with Crippen molar-refractivity contribution in [2.45, 2.75) is 33.6 Å². The summed E-state index contributed by atoms with van der Waals surface area (Å²) in [6, 6.07) is 8.13. The molecule has 7 nitrogen and oxygen atoms in total. The monoisotopic (exact) mass is 421 g/mol. The Balaban J connectivity index is 1.64. The number of benzene rings is 1. The van der Waals surface area contributed by atoms with Crippen LogP contribution in [0.4, 0.5) is 5.82 Å². The van der Waals surface area contributed by atoms with Crippen molar-refractivity contribution in [2.24, 2.45) is 5.92 Å². The third kappa shape index (κ3) is 4.70. The number of rotatable bonds is 3. The van der Waals surface area contributed by atoms with Crippen LogP contribution in [0.3, 0.4) is 0 Å². The number of nitrogens with zero attached hydrogens (tertiary/aromatic N) is 5. The summed E-state index contributed by atoms with van der Waals surface area (Å²) in [6.07, 6.45) is 3.88. The smallest absolute Gasteiger partial charge is 0.259 e. The van der Waals surface area contributed by atoms with E-state index in [1.54, 1.807) is 18.0 Å². The first-order chi connectivity index (χ1) is 14.9. The first kappa shape index (κ1) is 21.3. The van der Waals surface area contributed by atoms with Gasteiger partial charge in [0.15, 0.2) is 5.82 Å². The van der Waals surface area contributed by atoms with E-state index < -0.39 is 0 Å². The summed E-state index contributed by atoms with van der Waals surface area (Å²) in [5.74, 6) is 2.08. The predicted molar refractivity (Wildman–Crippen MR) is 121 cm³/mol. The van der Waals surface area contributed by atoms with E-state index in [0.29, 0.717) is 43.5 Å². The maximum atomic E-state index is 13.4. The fraction of sp³-hybridized carbons (Fsp3) is 0.500. The molecule has 164 valence electrons. The summed E-state index contributed by atoms with van der Waals surface area (Å²) in [5.41, 5.74) is 2.67. The van der Waals surface area contributed by atoms with Crippen molar-refractivity contribution in [3.63, 3.8) is 0 Å². The molecule has 4 rings (SSSR count). The molecule has 0 unspecified atom stereocenters. The summed E-state index contributed by atoms with van der Waals surface area (Å²) in [5, 5.41) is 0. The fourth-order valence-electron chi connectivity index (χ4n) is 4.30. The van der Waals surface area contributed by atoms with Gasteiger partial charge in [0.25, 0.3) is 5.91 Å². The lowest BCUT2D eigenvalue weighted by Gasteiger charge is -2.36. The summed E-state index contributed by atoms with van der Waals surface area (Å²) in [7, 11) is 0. The van der Waals surface area contributed by atoms with Crippen molar-refractivity contribution >= 4 is 17.6 Å². The van der Waals surface area contributed by atoms with Crippen LogP contribution >= 0.6 is 0 Å². The highest BCUT2D eigenvalue weighted by Gasteiger charge is 2.29. The zero-order chi connectivity index (χ0) is 22.0.